The molecule has 0 fully saturated rings. The SMILES string of the molecule is Nc1nc2ccccc2c2c1ncn2CCCCCC(=O)NCc1ccc(Br)cc1. The second-order valence-corrected chi connectivity index (χ2v) is 8.28. The number of halogens is 1. The number of imidazole rings is 1. The lowest BCUT2D eigenvalue weighted by Gasteiger charge is -2.08. The van der Waals surface area contributed by atoms with Crippen molar-refractivity contribution in [2.75, 3.05) is 5.73 Å². The van der Waals surface area contributed by atoms with Crippen molar-refractivity contribution in [3.8, 4) is 0 Å². The Morgan fingerprint density at radius 1 is 1.07 bits per heavy atom. The Morgan fingerprint density at radius 2 is 1.87 bits per heavy atom. The highest BCUT2D eigenvalue weighted by Crippen LogP contribution is 2.27. The van der Waals surface area contributed by atoms with E-state index in [1.807, 2.05) is 48.8 Å². The Hall–Kier alpha value is -2.93. The number of anilines is 1. The zero-order valence-corrected chi connectivity index (χ0v) is 18.2. The van der Waals surface area contributed by atoms with E-state index >= 15 is 0 Å². The number of nitrogen functional groups attached to an aromatic ring is 1. The predicted octanol–water partition coefficient (Wildman–Crippen LogP) is 4.81. The molecule has 30 heavy (non-hydrogen) atoms. The average molecular weight is 466 g/mol. The highest BCUT2D eigenvalue weighted by molar-refractivity contribution is 9.10. The number of rotatable bonds is 8. The third-order valence-corrected chi connectivity index (χ3v) is 5.71. The van der Waals surface area contributed by atoms with Crippen molar-refractivity contribution in [1.29, 1.82) is 0 Å². The first-order valence-electron chi connectivity index (χ1n) is 10.1. The number of amides is 1. The fourth-order valence-electron chi connectivity index (χ4n) is 3.61. The van der Waals surface area contributed by atoms with Crippen molar-refractivity contribution in [2.45, 2.75) is 38.8 Å². The largest absolute Gasteiger partial charge is 0.382 e. The molecule has 0 radical (unpaired) electrons. The number of carbonyl (C=O) groups excluding carboxylic acids is 1. The maximum atomic E-state index is 12.1. The van der Waals surface area contributed by atoms with Gasteiger partial charge in [0.2, 0.25) is 5.91 Å². The van der Waals surface area contributed by atoms with Crippen LogP contribution in [0.5, 0.6) is 0 Å². The number of hydrogen-bond acceptors (Lipinski definition) is 4. The van der Waals surface area contributed by atoms with Crippen molar-refractivity contribution in [3.05, 3.63) is 64.9 Å². The molecule has 4 rings (SSSR count). The normalized spacial score (nSPS) is 11.2. The van der Waals surface area contributed by atoms with Crippen LogP contribution < -0.4 is 11.1 Å². The Morgan fingerprint density at radius 3 is 2.70 bits per heavy atom. The second kappa shape index (κ2) is 9.26. The smallest absolute Gasteiger partial charge is 0.220 e. The van der Waals surface area contributed by atoms with Crippen LogP contribution >= 0.6 is 15.9 Å². The van der Waals surface area contributed by atoms with Gasteiger partial charge in [0.05, 0.1) is 17.4 Å². The minimum Gasteiger partial charge on any atom is -0.382 e. The molecule has 3 N–H and O–H groups in total. The van der Waals surface area contributed by atoms with Crippen LogP contribution in [-0.4, -0.2) is 20.4 Å². The molecule has 0 aliphatic carbocycles. The van der Waals surface area contributed by atoms with E-state index in [1.54, 1.807) is 0 Å². The summed E-state index contributed by atoms with van der Waals surface area (Å²) < 4.78 is 3.18. The molecule has 4 aromatic rings. The Labute approximate surface area is 183 Å². The van der Waals surface area contributed by atoms with Gasteiger partial charge >= 0.3 is 0 Å². The Kier molecular flexibility index (Phi) is 6.28. The Bertz CT molecular complexity index is 1170. The van der Waals surface area contributed by atoms with E-state index in [9.17, 15) is 4.79 Å². The van der Waals surface area contributed by atoms with Crippen LogP contribution in [0.1, 0.15) is 31.2 Å². The maximum absolute atomic E-state index is 12.1. The molecule has 0 spiro atoms. The molecule has 0 aliphatic rings. The summed E-state index contributed by atoms with van der Waals surface area (Å²) in [6.45, 7) is 1.40. The number of nitrogens with zero attached hydrogens (tertiary/aromatic N) is 3. The van der Waals surface area contributed by atoms with E-state index in [0.717, 1.165) is 57.8 Å². The zero-order valence-electron chi connectivity index (χ0n) is 16.6. The van der Waals surface area contributed by atoms with Crippen molar-refractivity contribution in [2.24, 2.45) is 0 Å². The number of para-hydroxylation sites is 1. The lowest BCUT2D eigenvalue weighted by Crippen LogP contribution is -2.22. The molecule has 2 aromatic heterocycles. The minimum atomic E-state index is 0.0934. The van der Waals surface area contributed by atoms with Gasteiger partial charge in [0.15, 0.2) is 5.82 Å². The van der Waals surface area contributed by atoms with E-state index in [-0.39, 0.29) is 5.91 Å². The third kappa shape index (κ3) is 4.62. The number of hydrogen-bond donors (Lipinski definition) is 2. The van der Waals surface area contributed by atoms with Gasteiger partial charge in [-0.15, -0.1) is 0 Å². The van der Waals surface area contributed by atoms with Gasteiger partial charge in [-0.3, -0.25) is 4.79 Å². The first kappa shape index (κ1) is 20.3. The number of nitrogens with one attached hydrogen (secondary N) is 1. The maximum Gasteiger partial charge on any atom is 0.220 e. The fraction of sp³-hybridized carbons (Fsp3) is 0.261. The third-order valence-electron chi connectivity index (χ3n) is 5.19. The molecule has 6 nitrogen and oxygen atoms in total. The molecule has 0 atom stereocenters. The highest BCUT2D eigenvalue weighted by Gasteiger charge is 2.11. The molecule has 154 valence electrons. The molecule has 0 bridgehead atoms. The molecular formula is C23H24BrN5O. The van der Waals surface area contributed by atoms with Crippen LogP contribution in [0.2, 0.25) is 0 Å². The van der Waals surface area contributed by atoms with Gasteiger partial charge < -0.3 is 15.6 Å². The second-order valence-electron chi connectivity index (χ2n) is 7.36. The van der Waals surface area contributed by atoms with Crippen molar-refractivity contribution in [1.82, 2.24) is 19.9 Å². The summed E-state index contributed by atoms with van der Waals surface area (Å²) in [5.74, 6) is 0.556. The van der Waals surface area contributed by atoms with E-state index in [2.05, 4.69) is 41.8 Å². The molecule has 2 aromatic carbocycles. The van der Waals surface area contributed by atoms with Gasteiger partial charge in [0.25, 0.3) is 0 Å². The number of unbranched alkanes of at least 4 members (excludes halogenated alkanes) is 2. The lowest BCUT2D eigenvalue weighted by molar-refractivity contribution is -0.121. The average Bonchev–Trinajstić information content (AvgIpc) is 3.18. The number of fused-ring (bicyclic) bond motifs is 3. The van der Waals surface area contributed by atoms with E-state index in [4.69, 9.17) is 5.73 Å². The van der Waals surface area contributed by atoms with Gasteiger partial charge in [-0.1, -0.05) is 52.7 Å². The zero-order chi connectivity index (χ0) is 20.9. The van der Waals surface area contributed by atoms with Crippen molar-refractivity contribution in [3.63, 3.8) is 0 Å². The minimum absolute atomic E-state index is 0.0934. The number of nitrogens with two attached hydrogens (primary N) is 1. The summed E-state index contributed by atoms with van der Waals surface area (Å²) in [4.78, 5) is 21.0. The number of aromatic nitrogens is 3. The molecule has 0 saturated heterocycles. The van der Waals surface area contributed by atoms with Crippen LogP contribution in [0.4, 0.5) is 5.82 Å². The lowest BCUT2D eigenvalue weighted by atomic mass is 10.1. The standard InChI is InChI=1S/C23H24BrN5O/c24-17-11-9-16(10-12-17)14-26-20(30)8-2-1-5-13-29-15-27-21-22(29)18-6-3-4-7-19(18)28-23(21)25/h3-4,6-7,9-12,15H,1-2,5,8,13-14H2,(H2,25,28)(H,26,30). The molecule has 2 heterocycles. The van der Waals surface area contributed by atoms with Crippen LogP contribution in [0.25, 0.3) is 21.9 Å². The highest BCUT2D eigenvalue weighted by atomic mass is 79.9. The fourth-order valence-corrected chi connectivity index (χ4v) is 3.88. The predicted molar refractivity (Wildman–Crippen MR) is 124 cm³/mol. The van der Waals surface area contributed by atoms with Crippen LogP contribution in [0, 0.1) is 0 Å². The number of carbonyl (C=O) groups is 1. The first-order valence-corrected chi connectivity index (χ1v) is 10.9. The van der Waals surface area contributed by atoms with Gasteiger partial charge in [-0.25, -0.2) is 9.97 Å². The van der Waals surface area contributed by atoms with Crippen molar-refractivity contribution < 1.29 is 4.79 Å². The van der Waals surface area contributed by atoms with Gasteiger partial charge in [0.1, 0.15) is 5.52 Å². The van der Waals surface area contributed by atoms with Crippen LogP contribution in [0.3, 0.4) is 0 Å². The summed E-state index contributed by atoms with van der Waals surface area (Å²) in [5, 5.41) is 4.04. The molecule has 0 unspecified atom stereocenters. The summed E-state index contributed by atoms with van der Waals surface area (Å²) >= 11 is 3.41. The Balaban J connectivity index is 1.27. The summed E-state index contributed by atoms with van der Waals surface area (Å²) in [5.41, 5.74) is 9.85. The first-order chi connectivity index (χ1) is 14.6. The van der Waals surface area contributed by atoms with E-state index in [1.165, 1.54) is 0 Å². The summed E-state index contributed by atoms with van der Waals surface area (Å²) in [7, 11) is 0. The van der Waals surface area contributed by atoms with Crippen LogP contribution in [-0.2, 0) is 17.9 Å². The van der Waals surface area contributed by atoms with Gasteiger partial charge in [-0.05, 0) is 36.6 Å². The van der Waals surface area contributed by atoms with Gasteiger partial charge in [-0.2, -0.15) is 0 Å². The summed E-state index contributed by atoms with van der Waals surface area (Å²) in [6, 6.07) is 16.0. The van der Waals surface area contributed by atoms with Gasteiger partial charge in [0, 0.05) is 29.4 Å². The quantitative estimate of drug-likeness (QED) is 0.365. The molecule has 0 aliphatic heterocycles. The topological polar surface area (TPSA) is 85.8 Å². The molecule has 1 amide bonds. The van der Waals surface area contributed by atoms with E-state index < -0.39 is 0 Å². The number of aryl methyl sites for hydroxylation is 1. The van der Waals surface area contributed by atoms with Crippen LogP contribution in [0.15, 0.2) is 59.3 Å². The summed E-state index contributed by atoms with van der Waals surface area (Å²) in [6.07, 6.45) is 5.19. The number of pyridine rings is 1. The number of benzene rings is 2. The van der Waals surface area contributed by atoms with Crippen molar-refractivity contribution >= 4 is 49.6 Å². The van der Waals surface area contributed by atoms with E-state index in [0.29, 0.717) is 18.8 Å². The molecule has 0 saturated carbocycles. The monoisotopic (exact) mass is 465 g/mol. The molecule has 7 heteroatoms. The molecular weight excluding hydrogens is 442 g/mol.